The third kappa shape index (κ3) is 3.32. The summed E-state index contributed by atoms with van der Waals surface area (Å²) in [6, 6.07) is 12.6. The van der Waals surface area contributed by atoms with E-state index < -0.39 is 0 Å². The summed E-state index contributed by atoms with van der Waals surface area (Å²) < 4.78 is 2.10. The van der Waals surface area contributed by atoms with Crippen LogP contribution in [0.25, 0.3) is 0 Å². The number of hydrogen-bond donors (Lipinski definition) is 1. The van der Waals surface area contributed by atoms with Gasteiger partial charge in [0, 0.05) is 24.5 Å². The van der Waals surface area contributed by atoms with Crippen molar-refractivity contribution in [3.63, 3.8) is 0 Å². The highest BCUT2D eigenvalue weighted by Crippen LogP contribution is 2.36. The summed E-state index contributed by atoms with van der Waals surface area (Å²) >= 11 is 0. The van der Waals surface area contributed by atoms with Crippen molar-refractivity contribution in [3.05, 3.63) is 53.9 Å². The first-order valence-corrected chi connectivity index (χ1v) is 8.59. The Hall–Kier alpha value is -2.07. The normalized spacial score (nSPS) is 18.3. The number of nitrogens with one attached hydrogen (secondary N) is 1. The summed E-state index contributed by atoms with van der Waals surface area (Å²) in [6.45, 7) is 3.35. The van der Waals surface area contributed by atoms with Gasteiger partial charge < -0.3 is 9.88 Å². The van der Waals surface area contributed by atoms with Crippen LogP contribution in [0.2, 0.25) is 0 Å². The number of anilines is 1. The second-order valence-electron chi connectivity index (χ2n) is 6.67. The van der Waals surface area contributed by atoms with Crippen LogP contribution in [0.3, 0.4) is 0 Å². The molecule has 23 heavy (non-hydrogen) atoms. The minimum atomic E-state index is -0.0137. The van der Waals surface area contributed by atoms with Gasteiger partial charge in [-0.3, -0.25) is 9.69 Å². The van der Waals surface area contributed by atoms with Gasteiger partial charge in [-0.1, -0.05) is 12.1 Å². The quantitative estimate of drug-likeness (QED) is 0.915. The molecule has 0 unspecified atom stereocenters. The van der Waals surface area contributed by atoms with Crippen LogP contribution >= 0.6 is 0 Å². The molecule has 0 spiro atoms. The number of amides is 1. The SMILES string of the molecule is O=C(Nc1cccc(CN2CCCC2)c1)c1cccn1C1CC1. The first-order valence-electron chi connectivity index (χ1n) is 8.59. The van der Waals surface area contributed by atoms with Crippen LogP contribution in [0, 0.1) is 0 Å². The Kier molecular flexibility index (Phi) is 3.92. The van der Waals surface area contributed by atoms with E-state index in [4.69, 9.17) is 0 Å². The van der Waals surface area contributed by atoms with Gasteiger partial charge in [0.15, 0.2) is 0 Å². The van der Waals surface area contributed by atoms with E-state index in [1.165, 1.54) is 44.3 Å². The summed E-state index contributed by atoms with van der Waals surface area (Å²) in [5, 5.41) is 3.05. The molecule has 0 atom stereocenters. The van der Waals surface area contributed by atoms with Crippen molar-refractivity contribution in [2.75, 3.05) is 18.4 Å². The maximum absolute atomic E-state index is 12.5. The van der Waals surface area contributed by atoms with Gasteiger partial charge in [-0.15, -0.1) is 0 Å². The topological polar surface area (TPSA) is 37.3 Å². The molecule has 1 aromatic carbocycles. The molecule has 1 saturated carbocycles. The highest BCUT2D eigenvalue weighted by atomic mass is 16.1. The predicted octanol–water partition coefficient (Wildman–Crippen LogP) is 3.67. The number of carbonyl (C=O) groups excluding carboxylic acids is 1. The van der Waals surface area contributed by atoms with Gasteiger partial charge in [0.2, 0.25) is 0 Å². The van der Waals surface area contributed by atoms with Crippen molar-refractivity contribution < 1.29 is 4.79 Å². The van der Waals surface area contributed by atoms with E-state index in [2.05, 4.69) is 26.9 Å². The molecule has 2 fully saturated rings. The average Bonchev–Trinajstić information content (AvgIpc) is 3.06. The van der Waals surface area contributed by atoms with Gasteiger partial charge in [-0.2, -0.15) is 0 Å². The van der Waals surface area contributed by atoms with E-state index in [0.29, 0.717) is 6.04 Å². The molecule has 4 heteroatoms. The molecule has 120 valence electrons. The molecule has 1 aliphatic heterocycles. The van der Waals surface area contributed by atoms with Gasteiger partial charge in [0.05, 0.1) is 0 Å². The van der Waals surface area contributed by atoms with Gasteiger partial charge in [0.25, 0.3) is 5.91 Å². The highest BCUT2D eigenvalue weighted by molar-refractivity contribution is 6.03. The lowest BCUT2D eigenvalue weighted by molar-refractivity contribution is 0.101. The Labute approximate surface area is 137 Å². The minimum absolute atomic E-state index is 0.0137. The van der Waals surface area contributed by atoms with Crippen LogP contribution in [0.15, 0.2) is 42.6 Å². The Morgan fingerprint density at radius 3 is 2.74 bits per heavy atom. The molecular formula is C19H23N3O. The fourth-order valence-corrected chi connectivity index (χ4v) is 3.40. The van der Waals surface area contributed by atoms with Crippen LogP contribution in [0.5, 0.6) is 0 Å². The van der Waals surface area contributed by atoms with E-state index in [-0.39, 0.29) is 5.91 Å². The van der Waals surface area contributed by atoms with Crippen LogP contribution in [0.1, 0.15) is 47.8 Å². The van der Waals surface area contributed by atoms with Crippen LogP contribution in [-0.2, 0) is 6.54 Å². The standard InChI is InChI=1S/C19H23N3O/c23-19(18-7-4-12-22(18)17-8-9-17)20-16-6-3-5-15(13-16)14-21-10-1-2-11-21/h3-7,12-13,17H,1-2,8-11,14H2,(H,20,23). The molecule has 4 nitrogen and oxygen atoms in total. The number of benzene rings is 1. The number of likely N-dealkylation sites (tertiary alicyclic amines) is 1. The third-order valence-electron chi connectivity index (χ3n) is 4.74. The van der Waals surface area contributed by atoms with Crippen molar-refractivity contribution in [2.45, 2.75) is 38.3 Å². The van der Waals surface area contributed by atoms with Crippen molar-refractivity contribution in [2.24, 2.45) is 0 Å². The molecule has 1 aromatic heterocycles. The average molecular weight is 309 g/mol. The van der Waals surface area contributed by atoms with Gasteiger partial charge in [0.1, 0.15) is 5.69 Å². The van der Waals surface area contributed by atoms with Gasteiger partial charge >= 0.3 is 0 Å². The van der Waals surface area contributed by atoms with Crippen LogP contribution in [0.4, 0.5) is 5.69 Å². The summed E-state index contributed by atoms with van der Waals surface area (Å²) in [5.41, 5.74) is 2.91. The zero-order valence-electron chi connectivity index (χ0n) is 13.4. The van der Waals surface area contributed by atoms with E-state index >= 15 is 0 Å². The third-order valence-corrected chi connectivity index (χ3v) is 4.74. The lowest BCUT2D eigenvalue weighted by Gasteiger charge is -2.15. The van der Waals surface area contributed by atoms with Gasteiger partial charge in [-0.25, -0.2) is 0 Å². The largest absolute Gasteiger partial charge is 0.340 e. The second kappa shape index (κ2) is 6.20. The zero-order valence-corrected chi connectivity index (χ0v) is 13.4. The van der Waals surface area contributed by atoms with Crippen LogP contribution < -0.4 is 5.32 Å². The van der Waals surface area contributed by atoms with E-state index in [1.54, 1.807) is 0 Å². The lowest BCUT2D eigenvalue weighted by Crippen LogP contribution is -2.19. The smallest absolute Gasteiger partial charge is 0.272 e. The van der Waals surface area contributed by atoms with Gasteiger partial charge in [-0.05, 0) is 68.6 Å². The molecule has 1 amide bonds. The molecule has 1 N–H and O–H groups in total. The Bertz CT molecular complexity index is 696. The Balaban J connectivity index is 1.45. The molecule has 1 aliphatic carbocycles. The molecular weight excluding hydrogens is 286 g/mol. The number of nitrogens with zero attached hydrogens (tertiary/aromatic N) is 2. The second-order valence-corrected chi connectivity index (χ2v) is 6.67. The van der Waals surface area contributed by atoms with Crippen molar-refractivity contribution in [1.82, 2.24) is 9.47 Å². The molecule has 4 rings (SSSR count). The highest BCUT2D eigenvalue weighted by Gasteiger charge is 2.26. The van der Waals surface area contributed by atoms with Crippen LogP contribution in [-0.4, -0.2) is 28.5 Å². The predicted molar refractivity (Wildman–Crippen MR) is 91.6 cm³/mol. The van der Waals surface area contributed by atoms with Crippen molar-refractivity contribution in [3.8, 4) is 0 Å². The molecule has 2 aliphatic rings. The number of hydrogen-bond acceptors (Lipinski definition) is 2. The van der Waals surface area contributed by atoms with E-state index in [9.17, 15) is 4.79 Å². The monoisotopic (exact) mass is 309 g/mol. The first kappa shape index (κ1) is 14.5. The first-order chi connectivity index (χ1) is 11.3. The molecule has 0 radical (unpaired) electrons. The number of aromatic nitrogens is 1. The zero-order chi connectivity index (χ0) is 15.6. The molecule has 2 heterocycles. The number of carbonyl (C=O) groups is 1. The van der Waals surface area contributed by atoms with E-state index in [0.717, 1.165) is 17.9 Å². The minimum Gasteiger partial charge on any atom is -0.340 e. The molecule has 2 aromatic rings. The van der Waals surface area contributed by atoms with Crippen molar-refractivity contribution >= 4 is 11.6 Å². The number of rotatable bonds is 5. The molecule has 1 saturated heterocycles. The Morgan fingerprint density at radius 1 is 1.13 bits per heavy atom. The fourth-order valence-electron chi connectivity index (χ4n) is 3.40. The summed E-state index contributed by atoms with van der Waals surface area (Å²) in [7, 11) is 0. The summed E-state index contributed by atoms with van der Waals surface area (Å²) in [4.78, 5) is 15.0. The summed E-state index contributed by atoms with van der Waals surface area (Å²) in [6.07, 6.45) is 6.97. The maximum atomic E-state index is 12.5. The maximum Gasteiger partial charge on any atom is 0.272 e. The summed E-state index contributed by atoms with van der Waals surface area (Å²) in [5.74, 6) is -0.0137. The molecule has 0 bridgehead atoms. The van der Waals surface area contributed by atoms with E-state index in [1.807, 2.05) is 30.5 Å². The van der Waals surface area contributed by atoms with Crippen molar-refractivity contribution in [1.29, 1.82) is 0 Å². The Morgan fingerprint density at radius 2 is 1.96 bits per heavy atom. The lowest BCUT2D eigenvalue weighted by atomic mass is 10.2. The fraction of sp³-hybridized carbons (Fsp3) is 0.421.